The van der Waals surface area contributed by atoms with Gasteiger partial charge in [-0.25, -0.2) is 9.98 Å². The van der Waals surface area contributed by atoms with E-state index >= 15 is 0 Å². The van der Waals surface area contributed by atoms with Crippen LogP contribution in [0.5, 0.6) is 5.88 Å². The molecule has 2 aromatic rings. The van der Waals surface area contributed by atoms with Gasteiger partial charge in [-0.2, -0.15) is 0 Å². The molecule has 0 aliphatic rings. The summed E-state index contributed by atoms with van der Waals surface area (Å²) in [5, 5.41) is 6.70. The molecule has 0 bridgehead atoms. The standard InChI is InChI=1S/C21H30N4O2/c1-4-17-9-6-7-10-18(17)15-24-21(22-5-2)25-16-19-11-8-12-23-20(19)27-14-13-26-3/h6-12H,4-5,13-16H2,1-3H3,(H2,22,24,25). The summed E-state index contributed by atoms with van der Waals surface area (Å²) in [5.41, 5.74) is 3.58. The van der Waals surface area contributed by atoms with Crippen LogP contribution in [0.2, 0.25) is 0 Å². The Morgan fingerprint density at radius 1 is 1.00 bits per heavy atom. The molecule has 146 valence electrons. The maximum atomic E-state index is 5.68. The normalized spacial score (nSPS) is 11.3. The summed E-state index contributed by atoms with van der Waals surface area (Å²) in [7, 11) is 1.65. The number of benzene rings is 1. The Kier molecular flexibility index (Phi) is 9.13. The van der Waals surface area contributed by atoms with Crippen molar-refractivity contribution in [2.75, 3.05) is 26.9 Å². The average molecular weight is 370 g/mol. The number of pyridine rings is 1. The van der Waals surface area contributed by atoms with Crippen LogP contribution in [-0.2, 0) is 24.2 Å². The molecule has 2 rings (SSSR count). The van der Waals surface area contributed by atoms with E-state index in [1.807, 2.05) is 12.1 Å². The van der Waals surface area contributed by atoms with Gasteiger partial charge in [-0.3, -0.25) is 0 Å². The molecule has 6 nitrogen and oxygen atoms in total. The molecule has 1 heterocycles. The summed E-state index contributed by atoms with van der Waals surface area (Å²) < 4.78 is 10.7. The Labute approximate surface area is 162 Å². The number of hydrogen-bond acceptors (Lipinski definition) is 4. The fraction of sp³-hybridized carbons (Fsp3) is 0.429. The Morgan fingerprint density at radius 3 is 2.52 bits per heavy atom. The van der Waals surface area contributed by atoms with Gasteiger partial charge >= 0.3 is 0 Å². The minimum atomic E-state index is 0.469. The van der Waals surface area contributed by atoms with Crippen LogP contribution < -0.4 is 15.4 Å². The number of aliphatic imine (C=N–C) groups is 1. The largest absolute Gasteiger partial charge is 0.475 e. The molecule has 1 aromatic carbocycles. The van der Waals surface area contributed by atoms with Crippen LogP contribution in [0.4, 0.5) is 0 Å². The highest BCUT2D eigenvalue weighted by Gasteiger charge is 2.06. The number of methoxy groups -OCH3 is 1. The average Bonchev–Trinajstić information content (AvgIpc) is 2.71. The smallest absolute Gasteiger partial charge is 0.218 e. The van der Waals surface area contributed by atoms with Crippen LogP contribution in [0.15, 0.2) is 47.6 Å². The number of nitrogens with one attached hydrogen (secondary N) is 2. The van der Waals surface area contributed by atoms with Gasteiger partial charge in [0.05, 0.1) is 13.2 Å². The number of ether oxygens (including phenoxy) is 2. The molecule has 0 aliphatic heterocycles. The lowest BCUT2D eigenvalue weighted by molar-refractivity contribution is 0.143. The number of hydrogen-bond donors (Lipinski definition) is 2. The molecule has 0 saturated carbocycles. The molecule has 0 saturated heterocycles. The van der Waals surface area contributed by atoms with Gasteiger partial charge in [-0.05, 0) is 30.5 Å². The number of rotatable bonds is 10. The summed E-state index contributed by atoms with van der Waals surface area (Å²) in [6.07, 6.45) is 2.74. The minimum absolute atomic E-state index is 0.469. The van der Waals surface area contributed by atoms with Crippen molar-refractivity contribution in [1.82, 2.24) is 15.6 Å². The summed E-state index contributed by atoms with van der Waals surface area (Å²) in [6, 6.07) is 12.3. The van der Waals surface area contributed by atoms with Gasteiger partial charge in [0.1, 0.15) is 6.61 Å². The lowest BCUT2D eigenvalue weighted by Crippen LogP contribution is -2.37. The topological polar surface area (TPSA) is 67.8 Å². The second kappa shape index (κ2) is 11.9. The molecular formula is C21H30N4O2. The van der Waals surface area contributed by atoms with Crippen molar-refractivity contribution in [3.63, 3.8) is 0 Å². The Morgan fingerprint density at radius 2 is 1.78 bits per heavy atom. The maximum absolute atomic E-state index is 5.68. The predicted molar refractivity (Wildman–Crippen MR) is 109 cm³/mol. The molecule has 0 amide bonds. The molecule has 6 heteroatoms. The van der Waals surface area contributed by atoms with Crippen LogP contribution >= 0.6 is 0 Å². The monoisotopic (exact) mass is 370 g/mol. The molecule has 0 aliphatic carbocycles. The first-order valence-electron chi connectivity index (χ1n) is 9.43. The van der Waals surface area contributed by atoms with Gasteiger partial charge < -0.3 is 20.1 Å². The number of aromatic nitrogens is 1. The van der Waals surface area contributed by atoms with E-state index in [9.17, 15) is 0 Å². The molecule has 0 unspecified atom stereocenters. The third kappa shape index (κ3) is 6.90. The second-order valence-corrected chi connectivity index (χ2v) is 5.98. The highest BCUT2D eigenvalue weighted by molar-refractivity contribution is 5.79. The third-order valence-electron chi connectivity index (χ3n) is 4.07. The lowest BCUT2D eigenvalue weighted by atomic mass is 10.1. The molecule has 27 heavy (non-hydrogen) atoms. The first-order chi connectivity index (χ1) is 13.3. The third-order valence-corrected chi connectivity index (χ3v) is 4.07. The van der Waals surface area contributed by atoms with E-state index in [2.05, 4.69) is 58.7 Å². The van der Waals surface area contributed by atoms with Crippen molar-refractivity contribution in [2.24, 2.45) is 4.99 Å². The van der Waals surface area contributed by atoms with Crippen molar-refractivity contribution in [3.05, 3.63) is 59.3 Å². The van der Waals surface area contributed by atoms with Crippen molar-refractivity contribution < 1.29 is 9.47 Å². The Balaban J connectivity index is 2.03. The molecular weight excluding hydrogens is 340 g/mol. The lowest BCUT2D eigenvalue weighted by Gasteiger charge is -2.14. The first-order valence-corrected chi connectivity index (χ1v) is 9.43. The van der Waals surface area contributed by atoms with E-state index in [-0.39, 0.29) is 0 Å². The minimum Gasteiger partial charge on any atom is -0.475 e. The number of guanidine groups is 1. The fourth-order valence-electron chi connectivity index (χ4n) is 2.66. The summed E-state index contributed by atoms with van der Waals surface area (Å²) in [4.78, 5) is 8.99. The van der Waals surface area contributed by atoms with E-state index in [0.29, 0.717) is 25.6 Å². The molecule has 0 spiro atoms. The predicted octanol–water partition coefficient (Wildman–Crippen LogP) is 2.92. The van der Waals surface area contributed by atoms with Crippen molar-refractivity contribution in [3.8, 4) is 5.88 Å². The molecule has 2 N–H and O–H groups in total. The molecule has 0 radical (unpaired) electrons. The van der Waals surface area contributed by atoms with Crippen molar-refractivity contribution >= 4 is 5.96 Å². The highest BCUT2D eigenvalue weighted by Crippen LogP contribution is 2.15. The Bertz CT molecular complexity index is 719. The van der Waals surface area contributed by atoms with E-state index < -0.39 is 0 Å². The van der Waals surface area contributed by atoms with Crippen molar-refractivity contribution in [1.29, 1.82) is 0 Å². The highest BCUT2D eigenvalue weighted by atomic mass is 16.5. The van der Waals surface area contributed by atoms with Gasteiger partial charge in [0, 0.05) is 32.0 Å². The van der Waals surface area contributed by atoms with E-state index in [1.165, 1.54) is 11.1 Å². The second-order valence-electron chi connectivity index (χ2n) is 5.98. The van der Waals surface area contributed by atoms with Gasteiger partial charge in [-0.15, -0.1) is 0 Å². The van der Waals surface area contributed by atoms with Crippen LogP contribution in [0.25, 0.3) is 0 Å². The van der Waals surface area contributed by atoms with Crippen LogP contribution in [0.1, 0.15) is 30.5 Å². The fourth-order valence-corrected chi connectivity index (χ4v) is 2.66. The van der Waals surface area contributed by atoms with Gasteiger partial charge in [0.25, 0.3) is 0 Å². The van der Waals surface area contributed by atoms with Gasteiger partial charge in [0.2, 0.25) is 5.88 Å². The van der Waals surface area contributed by atoms with Crippen LogP contribution in [-0.4, -0.2) is 37.8 Å². The summed E-state index contributed by atoms with van der Waals surface area (Å²) >= 11 is 0. The number of nitrogens with zero attached hydrogens (tertiary/aromatic N) is 2. The maximum Gasteiger partial charge on any atom is 0.218 e. The molecule has 0 atom stereocenters. The van der Waals surface area contributed by atoms with Crippen molar-refractivity contribution in [2.45, 2.75) is 33.4 Å². The number of aryl methyl sites for hydroxylation is 1. The van der Waals surface area contributed by atoms with E-state index in [1.54, 1.807) is 13.3 Å². The van der Waals surface area contributed by atoms with Crippen LogP contribution in [0.3, 0.4) is 0 Å². The summed E-state index contributed by atoms with van der Waals surface area (Å²) in [5.74, 6) is 1.38. The summed E-state index contributed by atoms with van der Waals surface area (Å²) in [6.45, 7) is 7.25. The zero-order valence-corrected chi connectivity index (χ0v) is 16.5. The molecule has 0 fully saturated rings. The SMILES string of the molecule is CCNC(=NCc1cccnc1OCCOC)NCc1ccccc1CC. The van der Waals surface area contributed by atoms with E-state index in [4.69, 9.17) is 9.47 Å². The van der Waals surface area contributed by atoms with E-state index in [0.717, 1.165) is 31.0 Å². The first kappa shape index (κ1) is 20.7. The zero-order chi connectivity index (χ0) is 19.3. The van der Waals surface area contributed by atoms with Crippen LogP contribution in [0, 0.1) is 0 Å². The quantitative estimate of drug-likeness (QED) is 0.382. The molecule has 1 aromatic heterocycles. The van der Waals surface area contributed by atoms with Gasteiger partial charge in [-0.1, -0.05) is 37.3 Å². The Hall–Kier alpha value is -2.60. The zero-order valence-electron chi connectivity index (χ0n) is 16.5. The van der Waals surface area contributed by atoms with Gasteiger partial charge in [0.15, 0.2) is 5.96 Å².